The number of carbonyl (C=O) groups is 4. The topological polar surface area (TPSA) is 157 Å². The van der Waals surface area contributed by atoms with Crippen LogP contribution in [0.3, 0.4) is 0 Å². The van der Waals surface area contributed by atoms with Crippen LogP contribution in [-0.4, -0.2) is 109 Å². The van der Waals surface area contributed by atoms with Gasteiger partial charge in [-0.3, -0.25) is 14.4 Å². The molecule has 2 fully saturated rings. The molecule has 13 heteroatoms. The van der Waals surface area contributed by atoms with Gasteiger partial charge in [0.1, 0.15) is 13.2 Å². The lowest BCUT2D eigenvalue weighted by Crippen LogP contribution is -2.47. The van der Waals surface area contributed by atoms with Gasteiger partial charge in [0.2, 0.25) is 5.91 Å². The van der Waals surface area contributed by atoms with Gasteiger partial charge in [0.05, 0.1) is 70.8 Å². The van der Waals surface area contributed by atoms with Gasteiger partial charge in [-0.25, -0.2) is 4.79 Å². The monoisotopic (exact) mass is 933 g/mol. The maximum Gasteiger partial charge on any atom is 0.407 e. The summed E-state index contributed by atoms with van der Waals surface area (Å²) in [6.45, 7) is 38.0. The van der Waals surface area contributed by atoms with Crippen LogP contribution in [0.2, 0.25) is 0 Å². The number of hydrogen-bond donors (Lipinski definition) is 2. The summed E-state index contributed by atoms with van der Waals surface area (Å²) in [6.07, 6.45) is 16.1. The van der Waals surface area contributed by atoms with E-state index in [1.165, 1.54) is 7.11 Å². The molecular formula is C53H92N2O11. The molecule has 2 amide bonds. The van der Waals surface area contributed by atoms with E-state index in [9.17, 15) is 19.2 Å². The quantitative estimate of drug-likeness (QED) is 0.0295. The first kappa shape index (κ1) is 60.5. The summed E-state index contributed by atoms with van der Waals surface area (Å²) in [5, 5.41) is 6.12. The molecule has 2 aliphatic carbocycles. The summed E-state index contributed by atoms with van der Waals surface area (Å²) < 4.78 is 39.0. The molecule has 0 aromatic carbocycles. The number of amides is 2. The van der Waals surface area contributed by atoms with E-state index in [1.54, 1.807) is 24.3 Å². The fraction of sp³-hybridized carbons (Fsp3) is 0.774. The van der Waals surface area contributed by atoms with Crippen LogP contribution >= 0.6 is 0 Å². The Balaban J connectivity index is 0.000000660. The molecule has 0 saturated heterocycles. The van der Waals surface area contributed by atoms with Gasteiger partial charge in [-0.1, -0.05) is 86.6 Å². The maximum atomic E-state index is 12.7. The SMILES string of the molecule is C=CCOCC(CC)(COCC=C)COC(=O)CCC1(C)CC(NC(=O)CC)CC(C)(C)C1.C=CCOCC(CC)(COCC=C)COC(=O)CCC1(C)CC(NC(=O)OC)CC(C)(C)C1. The predicted octanol–water partition coefficient (Wildman–Crippen LogP) is 10.3. The van der Waals surface area contributed by atoms with Crippen molar-refractivity contribution in [1.82, 2.24) is 10.6 Å². The molecule has 13 nitrogen and oxygen atoms in total. The van der Waals surface area contributed by atoms with E-state index in [1.807, 2.05) is 13.8 Å². The highest BCUT2D eigenvalue weighted by Crippen LogP contribution is 2.50. The average molecular weight is 933 g/mol. The van der Waals surface area contributed by atoms with E-state index in [0.29, 0.717) is 78.5 Å². The molecule has 0 heterocycles. The Hall–Kier alpha value is -3.52. The van der Waals surface area contributed by atoms with Crippen LogP contribution < -0.4 is 10.6 Å². The number of ether oxygens (including phenoxy) is 7. The van der Waals surface area contributed by atoms with E-state index < -0.39 is 16.9 Å². The fourth-order valence-corrected chi connectivity index (χ4v) is 10.1. The Morgan fingerprint density at radius 2 is 0.909 bits per heavy atom. The van der Waals surface area contributed by atoms with Crippen molar-refractivity contribution in [3.05, 3.63) is 50.6 Å². The molecule has 380 valence electrons. The van der Waals surface area contributed by atoms with Gasteiger partial charge >= 0.3 is 18.0 Å². The number of nitrogens with one attached hydrogen (secondary N) is 2. The van der Waals surface area contributed by atoms with Crippen molar-refractivity contribution in [3.8, 4) is 0 Å². The van der Waals surface area contributed by atoms with Crippen molar-refractivity contribution in [3.63, 3.8) is 0 Å². The van der Waals surface area contributed by atoms with Crippen molar-refractivity contribution in [2.45, 2.75) is 158 Å². The lowest BCUT2D eigenvalue weighted by Gasteiger charge is -2.47. The molecule has 2 rings (SSSR count). The second kappa shape index (κ2) is 30.1. The highest BCUT2D eigenvalue weighted by Gasteiger charge is 2.43. The predicted molar refractivity (Wildman–Crippen MR) is 263 cm³/mol. The van der Waals surface area contributed by atoms with Gasteiger partial charge < -0.3 is 43.8 Å². The van der Waals surface area contributed by atoms with Crippen molar-refractivity contribution >= 4 is 23.9 Å². The smallest absolute Gasteiger partial charge is 0.407 e. The van der Waals surface area contributed by atoms with Crippen molar-refractivity contribution in [2.24, 2.45) is 32.5 Å². The Morgan fingerprint density at radius 1 is 0.561 bits per heavy atom. The minimum absolute atomic E-state index is 0.0194. The first-order chi connectivity index (χ1) is 31.0. The zero-order chi connectivity index (χ0) is 49.9. The standard InChI is InChI=1S/C27H47NO5.C26H45NO6/c1-8-14-31-19-27(11-4,20-32-15-9-2)21-33-24(30)12-13-26(7)17-22(28-23(29)10-3)16-25(5,6)18-26;1-8-13-31-18-26(10-3,19-32-14-9-2)20-33-22(28)11-12-25(6)16-21(27-23(29)30-7)15-24(4,5)17-25/h8-9,22H,1-2,10-21H2,3-7H3,(H,28,29);8-9,21H,1-2,10-20H2,3-7H3,(H,27,29). The van der Waals surface area contributed by atoms with Gasteiger partial charge in [0.25, 0.3) is 0 Å². The van der Waals surface area contributed by atoms with Crippen LogP contribution in [0.1, 0.15) is 146 Å². The minimum Gasteiger partial charge on any atom is -0.465 e. The molecule has 0 aromatic heterocycles. The number of alkyl carbamates (subject to hydrolysis) is 1. The maximum absolute atomic E-state index is 12.7. The Kier molecular flexibility index (Phi) is 27.6. The number of carbonyl (C=O) groups excluding carboxylic acids is 4. The van der Waals surface area contributed by atoms with Crippen LogP contribution in [0.4, 0.5) is 4.79 Å². The molecule has 2 saturated carbocycles. The number of methoxy groups -OCH3 is 1. The Bertz CT molecular complexity index is 1370. The van der Waals surface area contributed by atoms with Crippen molar-refractivity contribution in [1.29, 1.82) is 0 Å². The zero-order valence-corrected chi connectivity index (χ0v) is 43.0. The van der Waals surface area contributed by atoms with E-state index >= 15 is 0 Å². The van der Waals surface area contributed by atoms with Crippen molar-refractivity contribution in [2.75, 3.05) is 73.2 Å². The molecular weight excluding hydrogens is 841 g/mol. The van der Waals surface area contributed by atoms with Crippen LogP contribution in [-0.2, 0) is 47.5 Å². The molecule has 0 aliphatic heterocycles. The van der Waals surface area contributed by atoms with Gasteiger partial charge in [-0.15, -0.1) is 26.3 Å². The molecule has 2 N–H and O–H groups in total. The Labute approximate surface area is 399 Å². The van der Waals surface area contributed by atoms with Gasteiger partial charge in [-0.2, -0.15) is 0 Å². The second-order valence-electron chi connectivity index (χ2n) is 21.3. The van der Waals surface area contributed by atoms with Crippen LogP contribution in [0.25, 0.3) is 0 Å². The molecule has 66 heavy (non-hydrogen) atoms. The van der Waals surface area contributed by atoms with E-state index in [-0.39, 0.29) is 64.8 Å². The minimum atomic E-state index is -0.410. The average Bonchev–Trinajstić information content (AvgIpc) is 3.24. The summed E-state index contributed by atoms with van der Waals surface area (Å²) in [5.41, 5.74) is -0.722. The fourth-order valence-electron chi connectivity index (χ4n) is 10.1. The van der Waals surface area contributed by atoms with Crippen LogP contribution in [0.15, 0.2) is 50.6 Å². The highest BCUT2D eigenvalue weighted by atomic mass is 16.6. The van der Waals surface area contributed by atoms with E-state index in [2.05, 4.69) is 85.4 Å². The third kappa shape index (κ3) is 24.0. The second-order valence-corrected chi connectivity index (χ2v) is 21.3. The third-order valence-corrected chi connectivity index (χ3v) is 13.1. The summed E-state index contributed by atoms with van der Waals surface area (Å²) >= 11 is 0. The van der Waals surface area contributed by atoms with Crippen molar-refractivity contribution < 1.29 is 52.3 Å². The number of esters is 2. The first-order valence-corrected chi connectivity index (χ1v) is 24.2. The van der Waals surface area contributed by atoms with Crippen LogP contribution in [0.5, 0.6) is 0 Å². The van der Waals surface area contributed by atoms with Gasteiger partial charge in [-0.05, 0) is 85.9 Å². The van der Waals surface area contributed by atoms with Gasteiger partial charge in [0.15, 0.2) is 0 Å². The summed E-state index contributed by atoms with van der Waals surface area (Å²) in [4.78, 5) is 49.1. The van der Waals surface area contributed by atoms with Crippen LogP contribution in [0, 0.1) is 32.5 Å². The number of hydrogen-bond acceptors (Lipinski definition) is 11. The number of rotatable bonds is 31. The highest BCUT2D eigenvalue weighted by molar-refractivity contribution is 5.75. The molecule has 2 aliphatic rings. The molecule has 4 unspecified atom stereocenters. The molecule has 0 spiro atoms. The third-order valence-electron chi connectivity index (χ3n) is 13.1. The zero-order valence-electron chi connectivity index (χ0n) is 43.0. The lowest BCUT2D eigenvalue weighted by molar-refractivity contribution is -0.153. The van der Waals surface area contributed by atoms with Gasteiger partial charge in [0, 0.05) is 31.3 Å². The largest absolute Gasteiger partial charge is 0.465 e. The normalized spacial score (nSPS) is 22.3. The molecule has 0 aromatic rings. The molecule has 4 atom stereocenters. The molecule has 0 bridgehead atoms. The lowest BCUT2D eigenvalue weighted by atomic mass is 9.61. The summed E-state index contributed by atoms with van der Waals surface area (Å²) in [7, 11) is 1.37. The first-order valence-electron chi connectivity index (χ1n) is 24.2. The Morgan fingerprint density at radius 3 is 1.21 bits per heavy atom. The van der Waals surface area contributed by atoms with E-state index in [4.69, 9.17) is 33.2 Å². The summed E-state index contributed by atoms with van der Waals surface area (Å²) in [5.74, 6) is -0.325. The summed E-state index contributed by atoms with van der Waals surface area (Å²) in [6, 6.07) is 0.179. The molecule has 0 radical (unpaired) electrons. The van der Waals surface area contributed by atoms with E-state index in [0.717, 1.165) is 57.8 Å².